The lowest BCUT2D eigenvalue weighted by molar-refractivity contribution is -0.0763. The molecule has 0 unspecified atom stereocenters. The number of ether oxygens (including phenoxy) is 6. The second-order valence-electron chi connectivity index (χ2n) is 14.5. The lowest BCUT2D eigenvalue weighted by Crippen LogP contribution is -2.25. The highest BCUT2D eigenvalue weighted by Gasteiger charge is 2.22. The van der Waals surface area contributed by atoms with Crippen LogP contribution >= 0.6 is 0 Å². The van der Waals surface area contributed by atoms with Crippen LogP contribution < -0.4 is 14.2 Å². The number of rotatable bonds is 11. The van der Waals surface area contributed by atoms with Crippen LogP contribution in [0, 0.1) is 0 Å². The molecule has 10 nitrogen and oxygen atoms in total. The summed E-state index contributed by atoms with van der Waals surface area (Å²) in [5.41, 5.74) is 1.17. The van der Waals surface area contributed by atoms with E-state index in [0.29, 0.717) is 33.8 Å². The van der Waals surface area contributed by atoms with Gasteiger partial charge in [-0.15, -0.1) is 0 Å². The first-order valence-electron chi connectivity index (χ1n) is 16.1. The molecule has 0 aliphatic rings. The summed E-state index contributed by atoms with van der Waals surface area (Å²) in [7, 11) is -5.00. The van der Waals surface area contributed by atoms with E-state index in [-0.39, 0.29) is 35.4 Å². The molecule has 0 atom stereocenters. The molecule has 4 aromatic rings. The van der Waals surface area contributed by atoms with Gasteiger partial charge in [-0.05, 0) is 133 Å². The fourth-order valence-corrected chi connectivity index (χ4v) is 5.48. The number of hydrogen-bond acceptors (Lipinski definition) is 10. The fourth-order valence-electron chi connectivity index (χ4n) is 4.59. The monoisotopic (exact) mass is 705 g/mol. The number of carbonyl (C=O) groups excluding carboxylic acids is 1. The topological polar surface area (TPSA) is 130 Å². The van der Waals surface area contributed by atoms with Crippen molar-refractivity contribution in [2.45, 2.75) is 84.0 Å². The SMILES string of the molecule is CC(C)(C)OCOc1ccc(-c2cc(-c3ccc(OC(=O)OC(C)(C)C)cc3)cc(-c3ccc(OCOC(C)(C)C)cc3)c2S(=O)(=O)[O-])cc1. The van der Waals surface area contributed by atoms with Gasteiger partial charge in [-0.2, -0.15) is 0 Å². The van der Waals surface area contributed by atoms with E-state index in [2.05, 4.69) is 0 Å². The molecule has 0 N–H and O–H groups in total. The molecule has 4 aromatic carbocycles. The summed E-state index contributed by atoms with van der Waals surface area (Å²) in [6.45, 7) is 16.8. The van der Waals surface area contributed by atoms with Crippen molar-refractivity contribution in [3.05, 3.63) is 84.9 Å². The Morgan fingerprint density at radius 1 is 0.560 bits per heavy atom. The van der Waals surface area contributed by atoms with Gasteiger partial charge < -0.3 is 33.0 Å². The zero-order chi connectivity index (χ0) is 36.9. The molecule has 50 heavy (non-hydrogen) atoms. The second-order valence-corrected chi connectivity index (χ2v) is 15.8. The number of hydrogen-bond donors (Lipinski definition) is 0. The van der Waals surface area contributed by atoms with E-state index in [4.69, 9.17) is 28.4 Å². The van der Waals surface area contributed by atoms with Gasteiger partial charge in [-0.3, -0.25) is 0 Å². The molecule has 0 bridgehead atoms. The van der Waals surface area contributed by atoms with E-state index in [9.17, 15) is 17.8 Å². The van der Waals surface area contributed by atoms with E-state index >= 15 is 0 Å². The molecule has 0 saturated heterocycles. The smallest absolute Gasteiger partial charge is 0.514 e. The summed E-state index contributed by atoms with van der Waals surface area (Å²) >= 11 is 0. The zero-order valence-electron chi connectivity index (χ0n) is 30.0. The Morgan fingerprint density at radius 3 is 1.30 bits per heavy atom. The van der Waals surface area contributed by atoms with E-state index in [1.807, 2.05) is 41.5 Å². The maximum absolute atomic E-state index is 13.0. The molecule has 268 valence electrons. The van der Waals surface area contributed by atoms with Crippen molar-refractivity contribution in [3.8, 4) is 50.6 Å². The predicted octanol–water partition coefficient (Wildman–Crippen LogP) is 9.21. The summed E-state index contributed by atoms with van der Waals surface area (Å²) in [5, 5.41) is 0. The summed E-state index contributed by atoms with van der Waals surface area (Å²) in [5.74, 6) is 1.28. The van der Waals surface area contributed by atoms with Gasteiger partial charge in [-0.25, -0.2) is 13.2 Å². The van der Waals surface area contributed by atoms with Crippen molar-refractivity contribution in [1.29, 1.82) is 0 Å². The minimum absolute atomic E-state index is 0.0261. The molecule has 4 rings (SSSR count). The molecule has 0 spiro atoms. The number of carbonyl (C=O) groups is 1. The predicted molar refractivity (Wildman–Crippen MR) is 190 cm³/mol. The zero-order valence-corrected chi connectivity index (χ0v) is 30.8. The van der Waals surface area contributed by atoms with E-state index < -0.39 is 33.1 Å². The van der Waals surface area contributed by atoms with Gasteiger partial charge in [0.15, 0.2) is 13.6 Å². The van der Waals surface area contributed by atoms with Crippen molar-refractivity contribution in [3.63, 3.8) is 0 Å². The van der Waals surface area contributed by atoms with E-state index in [0.717, 1.165) is 0 Å². The van der Waals surface area contributed by atoms with Crippen LogP contribution in [-0.4, -0.2) is 49.5 Å². The minimum atomic E-state index is -5.00. The normalized spacial score (nSPS) is 12.4. The molecule has 11 heteroatoms. The Kier molecular flexibility index (Phi) is 11.7. The second kappa shape index (κ2) is 15.2. The Labute approximate surface area is 295 Å². The molecule has 0 fully saturated rings. The van der Waals surface area contributed by atoms with Crippen molar-refractivity contribution < 1.29 is 46.2 Å². The van der Waals surface area contributed by atoms with Crippen LogP contribution in [0.25, 0.3) is 33.4 Å². The molecular weight excluding hydrogens is 660 g/mol. The average Bonchev–Trinajstić information content (AvgIpc) is 2.99. The summed E-state index contributed by atoms with van der Waals surface area (Å²) < 4.78 is 72.3. The van der Waals surface area contributed by atoms with Crippen LogP contribution in [0.3, 0.4) is 0 Å². The van der Waals surface area contributed by atoms with Crippen LogP contribution in [0.4, 0.5) is 4.79 Å². The molecule has 0 radical (unpaired) electrons. The third kappa shape index (κ3) is 11.6. The highest BCUT2D eigenvalue weighted by Crippen LogP contribution is 2.41. The quantitative estimate of drug-likeness (QED) is 0.0644. The fraction of sp³-hybridized carbons (Fsp3) is 0.359. The summed E-state index contributed by atoms with van der Waals surface area (Å²) in [4.78, 5) is 11.8. The van der Waals surface area contributed by atoms with Gasteiger partial charge in [0, 0.05) is 11.1 Å². The molecule has 0 amide bonds. The van der Waals surface area contributed by atoms with Crippen LogP contribution in [0.1, 0.15) is 62.3 Å². The first-order valence-corrected chi connectivity index (χ1v) is 17.5. The van der Waals surface area contributed by atoms with Crippen LogP contribution in [0.5, 0.6) is 17.2 Å². The number of benzene rings is 4. The third-order valence-electron chi connectivity index (χ3n) is 6.88. The summed E-state index contributed by atoms with van der Waals surface area (Å²) in [6, 6.07) is 23.5. The van der Waals surface area contributed by atoms with Crippen molar-refractivity contribution in [1.82, 2.24) is 0 Å². The summed E-state index contributed by atoms with van der Waals surface area (Å²) in [6.07, 6.45) is -0.838. The maximum atomic E-state index is 13.0. The van der Waals surface area contributed by atoms with E-state index in [1.165, 1.54) is 0 Å². The van der Waals surface area contributed by atoms with Crippen LogP contribution in [0.2, 0.25) is 0 Å². The van der Waals surface area contributed by atoms with Gasteiger partial charge in [0.2, 0.25) is 0 Å². The Morgan fingerprint density at radius 2 is 0.940 bits per heavy atom. The van der Waals surface area contributed by atoms with Crippen molar-refractivity contribution >= 4 is 16.3 Å². The molecule has 0 aromatic heterocycles. The molecular formula is C39H45O10S-. The molecule has 0 aliphatic heterocycles. The lowest BCUT2D eigenvalue weighted by atomic mass is 9.93. The van der Waals surface area contributed by atoms with Crippen molar-refractivity contribution in [2.75, 3.05) is 13.6 Å². The largest absolute Gasteiger partial charge is 0.744 e. The van der Waals surface area contributed by atoms with Crippen LogP contribution in [-0.2, 0) is 24.3 Å². The molecule has 0 saturated carbocycles. The minimum Gasteiger partial charge on any atom is -0.744 e. The first-order chi connectivity index (χ1) is 23.2. The van der Waals surface area contributed by atoms with Crippen molar-refractivity contribution in [2.24, 2.45) is 0 Å². The van der Waals surface area contributed by atoms with Gasteiger partial charge in [0.25, 0.3) is 0 Å². The van der Waals surface area contributed by atoms with Crippen LogP contribution in [0.15, 0.2) is 89.8 Å². The maximum Gasteiger partial charge on any atom is 0.514 e. The Balaban J connectivity index is 1.78. The van der Waals surface area contributed by atoms with E-state index in [1.54, 1.807) is 106 Å². The van der Waals surface area contributed by atoms with Gasteiger partial charge in [-0.1, -0.05) is 36.4 Å². The third-order valence-corrected chi connectivity index (χ3v) is 7.82. The van der Waals surface area contributed by atoms with Gasteiger partial charge in [0.05, 0.1) is 16.1 Å². The highest BCUT2D eigenvalue weighted by atomic mass is 32.2. The molecule has 0 aliphatic carbocycles. The standard InChI is InChI=1S/C39H46O10S/c1-37(2,3)46-24-44-30-16-12-27(13-17-30)33-22-29(26-10-20-32(21-11-26)48-36(40)49-39(7,8)9)23-34(35(33)50(41,42)43)28-14-18-31(19-15-28)45-25-47-38(4,5)6/h10-23H,24-25H2,1-9H3,(H,41,42,43)/p-1. The Bertz CT molecular complexity index is 1780. The highest BCUT2D eigenvalue weighted by molar-refractivity contribution is 7.86. The van der Waals surface area contributed by atoms with Gasteiger partial charge in [0.1, 0.15) is 33.0 Å². The molecule has 0 heterocycles. The van der Waals surface area contributed by atoms with Gasteiger partial charge >= 0.3 is 6.16 Å². The lowest BCUT2D eigenvalue weighted by Gasteiger charge is -2.21. The Hall–Kier alpha value is -4.42. The average molecular weight is 706 g/mol. The first kappa shape index (κ1) is 38.4.